The minimum Gasteiger partial charge on any atom is -0.388 e. The van der Waals surface area contributed by atoms with E-state index in [9.17, 15) is 14.7 Å². The molecule has 0 heterocycles. The molecule has 5 nitrogen and oxygen atoms in total. The summed E-state index contributed by atoms with van der Waals surface area (Å²) in [5, 5.41) is 12.8. The normalized spacial score (nSPS) is 17.0. The summed E-state index contributed by atoms with van der Waals surface area (Å²) >= 11 is 0. The summed E-state index contributed by atoms with van der Waals surface area (Å²) in [5.41, 5.74) is 5.64. The van der Waals surface area contributed by atoms with Gasteiger partial charge in [0, 0.05) is 18.2 Å². The van der Waals surface area contributed by atoms with Gasteiger partial charge in [0.1, 0.15) is 0 Å². The van der Waals surface area contributed by atoms with Crippen molar-refractivity contribution in [3.05, 3.63) is 41.5 Å². The van der Waals surface area contributed by atoms with E-state index in [4.69, 9.17) is 5.73 Å². The quantitative estimate of drug-likeness (QED) is 0.711. The summed E-state index contributed by atoms with van der Waals surface area (Å²) in [6, 6.07) is 6.66. The molecule has 1 aromatic carbocycles. The number of rotatable bonds is 5. The van der Waals surface area contributed by atoms with Gasteiger partial charge in [-0.15, -0.1) is 0 Å². The third-order valence-electron chi connectivity index (χ3n) is 3.75. The van der Waals surface area contributed by atoms with E-state index in [1.165, 1.54) is 6.08 Å². The van der Waals surface area contributed by atoms with Gasteiger partial charge in [-0.3, -0.25) is 9.59 Å². The predicted octanol–water partition coefficient (Wildman–Crippen LogP) is 1.22. The number of aliphatic hydroxyl groups is 1. The van der Waals surface area contributed by atoms with E-state index in [0.29, 0.717) is 5.56 Å². The summed E-state index contributed by atoms with van der Waals surface area (Å²) in [6.07, 6.45) is 6.57. The fraction of sp³-hybridized carbons (Fsp3) is 0.375. The molecule has 1 aliphatic carbocycles. The molecule has 0 unspecified atom stereocenters. The van der Waals surface area contributed by atoms with E-state index in [2.05, 4.69) is 5.32 Å². The largest absolute Gasteiger partial charge is 0.388 e. The smallest absolute Gasteiger partial charge is 0.248 e. The van der Waals surface area contributed by atoms with Gasteiger partial charge >= 0.3 is 0 Å². The maximum absolute atomic E-state index is 11.7. The van der Waals surface area contributed by atoms with Crippen LogP contribution in [0, 0.1) is 0 Å². The molecule has 0 bridgehead atoms. The summed E-state index contributed by atoms with van der Waals surface area (Å²) < 4.78 is 0. The van der Waals surface area contributed by atoms with Crippen LogP contribution in [0.3, 0.4) is 0 Å². The van der Waals surface area contributed by atoms with Gasteiger partial charge in [0.15, 0.2) is 0 Å². The van der Waals surface area contributed by atoms with Crippen molar-refractivity contribution in [2.45, 2.75) is 31.3 Å². The highest BCUT2D eigenvalue weighted by Gasteiger charge is 2.30. The number of nitrogens with two attached hydrogens (primary N) is 1. The molecule has 21 heavy (non-hydrogen) atoms. The molecule has 0 atom stereocenters. The Kier molecular flexibility index (Phi) is 4.75. The van der Waals surface area contributed by atoms with Gasteiger partial charge in [-0.1, -0.05) is 25.0 Å². The molecule has 1 fully saturated rings. The number of carbonyl (C=O) groups excluding carboxylic acids is 2. The monoisotopic (exact) mass is 288 g/mol. The molecule has 1 aromatic rings. The number of nitrogens with one attached hydrogen (secondary N) is 1. The van der Waals surface area contributed by atoms with Crippen LogP contribution >= 0.6 is 0 Å². The highest BCUT2D eigenvalue weighted by molar-refractivity contribution is 5.94. The van der Waals surface area contributed by atoms with Crippen molar-refractivity contribution in [2.75, 3.05) is 6.54 Å². The van der Waals surface area contributed by atoms with E-state index in [-0.39, 0.29) is 12.5 Å². The predicted molar refractivity (Wildman–Crippen MR) is 80.4 cm³/mol. The van der Waals surface area contributed by atoms with Crippen LogP contribution in [0.4, 0.5) is 0 Å². The summed E-state index contributed by atoms with van der Waals surface area (Å²) in [6.45, 7) is 0.288. The Balaban J connectivity index is 1.85. The van der Waals surface area contributed by atoms with Gasteiger partial charge in [-0.05, 0) is 36.6 Å². The molecule has 1 aliphatic rings. The molecule has 0 aliphatic heterocycles. The van der Waals surface area contributed by atoms with Crippen molar-refractivity contribution < 1.29 is 14.7 Å². The third-order valence-corrected chi connectivity index (χ3v) is 3.75. The Morgan fingerprint density at radius 3 is 2.43 bits per heavy atom. The first-order valence-corrected chi connectivity index (χ1v) is 7.07. The molecule has 0 spiro atoms. The highest BCUT2D eigenvalue weighted by Crippen LogP contribution is 2.28. The van der Waals surface area contributed by atoms with E-state index >= 15 is 0 Å². The lowest BCUT2D eigenvalue weighted by molar-refractivity contribution is -0.117. The average Bonchev–Trinajstić information content (AvgIpc) is 2.91. The Morgan fingerprint density at radius 2 is 1.86 bits per heavy atom. The zero-order chi connectivity index (χ0) is 15.3. The van der Waals surface area contributed by atoms with Crippen molar-refractivity contribution in [3.8, 4) is 0 Å². The number of primary amides is 1. The van der Waals surface area contributed by atoms with Crippen LogP contribution < -0.4 is 11.1 Å². The lowest BCUT2D eigenvalue weighted by Crippen LogP contribution is -2.40. The van der Waals surface area contributed by atoms with Crippen LogP contribution in [-0.4, -0.2) is 29.1 Å². The molecule has 0 saturated heterocycles. The van der Waals surface area contributed by atoms with Crippen molar-refractivity contribution >= 4 is 17.9 Å². The molecule has 2 rings (SSSR count). The molecule has 112 valence electrons. The SMILES string of the molecule is NC(=O)c1ccc(/C=C/C(=O)NCC2(O)CCCC2)cc1. The molecule has 0 radical (unpaired) electrons. The van der Waals surface area contributed by atoms with Crippen LogP contribution in [0.2, 0.25) is 0 Å². The van der Waals surface area contributed by atoms with Crippen molar-refractivity contribution in [2.24, 2.45) is 5.73 Å². The summed E-state index contributed by atoms with van der Waals surface area (Å²) in [7, 11) is 0. The lowest BCUT2D eigenvalue weighted by atomic mass is 10.0. The van der Waals surface area contributed by atoms with Crippen LogP contribution in [0.15, 0.2) is 30.3 Å². The summed E-state index contributed by atoms with van der Waals surface area (Å²) in [5.74, 6) is -0.720. The Labute approximate surface area is 123 Å². The van der Waals surface area contributed by atoms with Crippen LogP contribution in [0.25, 0.3) is 6.08 Å². The van der Waals surface area contributed by atoms with E-state index in [1.807, 2.05) is 0 Å². The second-order valence-corrected chi connectivity index (χ2v) is 5.47. The molecular weight excluding hydrogens is 268 g/mol. The zero-order valence-corrected chi connectivity index (χ0v) is 11.8. The Bertz CT molecular complexity index is 543. The standard InChI is InChI=1S/C16H20N2O3/c17-15(20)13-6-3-12(4-7-13)5-8-14(19)18-11-16(21)9-1-2-10-16/h3-8,21H,1-2,9-11H2,(H2,17,20)(H,18,19)/b8-5+. The first-order valence-electron chi connectivity index (χ1n) is 7.07. The Morgan fingerprint density at radius 1 is 1.24 bits per heavy atom. The first kappa shape index (κ1) is 15.3. The van der Waals surface area contributed by atoms with Crippen LogP contribution in [0.5, 0.6) is 0 Å². The second-order valence-electron chi connectivity index (χ2n) is 5.47. The van der Waals surface area contributed by atoms with E-state index < -0.39 is 11.5 Å². The maximum atomic E-state index is 11.7. The van der Waals surface area contributed by atoms with Gasteiger partial charge in [0.25, 0.3) is 0 Å². The molecule has 5 heteroatoms. The van der Waals surface area contributed by atoms with Gasteiger partial charge < -0.3 is 16.2 Å². The van der Waals surface area contributed by atoms with Crippen LogP contribution in [0.1, 0.15) is 41.6 Å². The topological polar surface area (TPSA) is 92.4 Å². The van der Waals surface area contributed by atoms with E-state index in [0.717, 1.165) is 31.2 Å². The number of amides is 2. The zero-order valence-electron chi connectivity index (χ0n) is 11.8. The van der Waals surface area contributed by atoms with Gasteiger partial charge in [-0.2, -0.15) is 0 Å². The molecule has 0 aromatic heterocycles. The fourth-order valence-electron chi connectivity index (χ4n) is 2.45. The highest BCUT2D eigenvalue weighted by atomic mass is 16.3. The average molecular weight is 288 g/mol. The molecule has 2 amide bonds. The molecule has 4 N–H and O–H groups in total. The summed E-state index contributed by atoms with van der Waals surface area (Å²) in [4.78, 5) is 22.6. The van der Waals surface area contributed by atoms with Gasteiger partial charge in [-0.25, -0.2) is 0 Å². The maximum Gasteiger partial charge on any atom is 0.248 e. The minimum atomic E-state index is -0.743. The van der Waals surface area contributed by atoms with Gasteiger partial charge in [0.2, 0.25) is 11.8 Å². The number of hydrogen-bond acceptors (Lipinski definition) is 3. The molecule has 1 saturated carbocycles. The number of hydrogen-bond donors (Lipinski definition) is 3. The minimum absolute atomic E-state index is 0.241. The first-order chi connectivity index (χ1) is 9.98. The van der Waals surface area contributed by atoms with E-state index in [1.54, 1.807) is 30.3 Å². The third kappa shape index (κ3) is 4.43. The fourth-order valence-corrected chi connectivity index (χ4v) is 2.45. The molecular formula is C16H20N2O3. The van der Waals surface area contributed by atoms with Crippen molar-refractivity contribution in [1.82, 2.24) is 5.32 Å². The number of carbonyl (C=O) groups is 2. The lowest BCUT2D eigenvalue weighted by Gasteiger charge is -2.21. The second kappa shape index (κ2) is 6.54. The van der Waals surface area contributed by atoms with Crippen LogP contribution in [-0.2, 0) is 4.79 Å². The van der Waals surface area contributed by atoms with Gasteiger partial charge in [0.05, 0.1) is 5.60 Å². The van der Waals surface area contributed by atoms with Crippen molar-refractivity contribution in [1.29, 1.82) is 0 Å². The van der Waals surface area contributed by atoms with Crippen molar-refractivity contribution in [3.63, 3.8) is 0 Å². The number of benzene rings is 1. The Hall–Kier alpha value is -2.14.